The van der Waals surface area contributed by atoms with Gasteiger partial charge in [0.15, 0.2) is 0 Å². The topological polar surface area (TPSA) is 20.2 Å². The van der Waals surface area contributed by atoms with Gasteiger partial charge in [-0.15, -0.1) is 0 Å². The van der Waals surface area contributed by atoms with Gasteiger partial charge in [0.25, 0.3) is 0 Å². The summed E-state index contributed by atoms with van der Waals surface area (Å²) < 4.78 is 1.46. The van der Waals surface area contributed by atoms with Crippen LogP contribution in [0.15, 0.2) is 59.2 Å². The van der Waals surface area contributed by atoms with E-state index in [1.165, 1.54) is 61.4 Å². The third-order valence-electron chi connectivity index (χ3n) is 3.96. The summed E-state index contributed by atoms with van der Waals surface area (Å²) in [5.41, 5.74) is 8.24. The van der Waals surface area contributed by atoms with Gasteiger partial charge in [-0.25, -0.2) is 0 Å². The predicted molar refractivity (Wildman–Crippen MR) is 79.5 cm³/mol. The molecule has 0 fully saturated rings. The van der Waals surface area contributed by atoms with Crippen LogP contribution in [-0.2, 0) is 24.7 Å². The first-order chi connectivity index (χ1) is 9.76. The second-order valence-electron chi connectivity index (χ2n) is 5.12. The van der Waals surface area contributed by atoms with Crippen LogP contribution in [0.3, 0.4) is 0 Å². The Bertz CT molecular complexity index is 684. The molecule has 0 aliphatic heterocycles. The van der Waals surface area contributed by atoms with Crippen LogP contribution in [0.2, 0.25) is 0 Å². The summed E-state index contributed by atoms with van der Waals surface area (Å²) in [6.07, 6.45) is 8.51. The molecule has 4 heteroatoms. The van der Waals surface area contributed by atoms with Gasteiger partial charge in [-0.2, -0.15) is 0 Å². The van der Waals surface area contributed by atoms with Crippen molar-refractivity contribution in [3.8, 4) is 0 Å². The van der Waals surface area contributed by atoms with Crippen molar-refractivity contribution in [1.82, 2.24) is 0 Å². The zero-order chi connectivity index (χ0) is 14.1. The third kappa shape index (κ3) is 3.41. The molecule has 113 valence electrons. The van der Waals surface area contributed by atoms with Gasteiger partial charge in [-0.1, -0.05) is 0 Å². The molecule has 1 aromatic carbocycles. The first-order valence-corrected chi connectivity index (χ1v) is 8.22. The van der Waals surface area contributed by atoms with Crippen molar-refractivity contribution in [1.29, 1.82) is 0 Å². The number of halogens is 2. The Morgan fingerprint density at radius 3 is 2.50 bits per heavy atom. The Morgan fingerprint density at radius 1 is 1.18 bits per heavy atom. The standard InChI is InChI=1S/C18H17O.2ClH.Zr/c1-2-16-17-6-4-3-5-14(17)12-18(16)15-8-7-13(11-15)9-10-19;;;/h2-7,11,19H,8-10H2,1H3;2*1H;/q;;;+2/p-2. The van der Waals surface area contributed by atoms with E-state index in [4.69, 9.17) is 5.11 Å². The van der Waals surface area contributed by atoms with Crippen LogP contribution in [-0.4, -0.2) is 11.7 Å². The summed E-state index contributed by atoms with van der Waals surface area (Å²) in [5.74, 6) is 0. The molecular weight excluding hydrogens is 394 g/mol. The molecule has 0 spiro atoms. The van der Waals surface area contributed by atoms with E-state index in [1.807, 2.05) is 0 Å². The first kappa shape index (κ1) is 19.6. The minimum atomic E-state index is 0. The summed E-state index contributed by atoms with van der Waals surface area (Å²) in [7, 11) is 0. The monoisotopic (exact) mass is 409 g/mol. The summed E-state index contributed by atoms with van der Waals surface area (Å²) in [6, 6.07) is 8.69. The maximum Gasteiger partial charge on any atom is -1.00 e. The van der Waals surface area contributed by atoms with Gasteiger partial charge in [-0.3, -0.25) is 0 Å². The summed E-state index contributed by atoms with van der Waals surface area (Å²) >= 11 is 1.47. The summed E-state index contributed by atoms with van der Waals surface area (Å²) in [5, 5.41) is 9.08. The number of benzene rings is 1. The minimum absolute atomic E-state index is 0. The van der Waals surface area contributed by atoms with Crippen LogP contribution in [0.5, 0.6) is 0 Å². The van der Waals surface area contributed by atoms with Gasteiger partial charge in [0.2, 0.25) is 0 Å². The van der Waals surface area contributed by atoms with E-state index in [-0.39, 0.29) is 31.4 Å². The van der Waals surface area contributed by atoms with Crippen molar-refractivity contribution >= 4 is 8.85 Å². The fraction of sp³-hybridized carbons (Fsp3) is 0.222. The molecule has 0 unspecified atom stereocenters. The summed E-state index contributed by atoms with van der Waals surface area (Å²) in [6.45, 7) is 2.36. The Balaban J connectivity index is 0.00000121. The molecule has 0 saturated carbocycles. The number of aliphatic hydroxyl groups is 1. The summed E-state index contributed by atoms with van der Waals surface area (Å²) in [4.78, 5) is 0. The Morgan fingerprint density at radius 2 is 1.86 bits per heavy atom. The first-order valence-electron chi connectivity index (χ1n) is 6.99. The molecule has 1 N–H and O–H groups in total. The van der Waals surface area contributed by atoms with Gasteiger partial charge in [-0.05, 0) is 0 Å². The average Bonchev–Trinajstić information content (AvgIpc) is 3.02. The molecule has 3 rings (SSSR count). The second-order valence-corrected chi connectivity index (χ2v) is 6.35. The molecule has 0 radical (unpaired) electrons. The third-order valence-corrected chi connectivity index (χ3v) is 5.24. The maximum absolute atomic E-state index is 9.08. The van der Waals surface area contributed by atoms with Gasteiger partial charge in [0, 0.05) is 0 Å². The van der Waals surface area contributed by atoms with E-state index < -0.39 is 0 Å². The SMILES string of the molecule is CC=C1C(C2=CC(CCO)=CC2)=[C]([Zr+2])c2ccccc21.[Cl-].[Cl-]. The number of rotatable bonds is 3. The average molecular weight is 411 g/mol. The molecule has 0 aromatic heterocycles. The van der Waals surface area contributed by atoms with Crippen molar-refractivity contribution in [3.05, 3.63) is 70.3 Å². The second kappa shape index (κ2) is 8.45. The molecule has 22 heavy (non-hydrogen) atoms. The Labute approximate surface area is 159 Å². The molecule has 0 saturated heterocycles. The van der Waals surface area contributed by atoms with Crippen LogP contribution >= 0.6 is 0 Å². The number of aliphatic hydroxyl groups excluding tert-OH is 1. The Hall–Kier alpha value is -0.397. The smallest absolute Gasteiger partial charge is 1.00 e. The molecule has 2 aliphatic rings. The van der Waals surface area contributed by atoms with Crippen LogP contribution < -0.4 is 24.8 Å². The van der Waals surface area contributed by atoms with Crippen molar-refractivity contribution in [2.75, 3.05) is 6.61 Å². The van der Waals surface area contributed by atoms with Crippen molar-refractivity contribution in [2.45, 2.75) is 19.8 Å². The molecular formula is C18H17Cl2OZr. The van der Waals surface area contributed by atoms with Gasteiger partial charge >= 0.3 is 135 Å². The zero-order valence-electron chi connectivity index (χ0n) is 12.4. The Kier molecular flexibility index (Phi) is 7.55. The quantitative estimate of drug-likeness (QED) is 0.611. The number of hydrogen-bond acceptors (Lipinski definition) is 1. The van der Waals surface area contributed by atoms with E-state index in [9.17, 15) is 0 Å². The van der Waals surface area contributed by atoms with E-state index in [1.54, 1.807) is 0 Å². The van der Waals surface area contributed by atoms with Gasteiger partial charge in [0.1, 0.15) is 0 Å². The molecule has 1 aromatic rings. The van der Waals surface area contributed by atoms with Gasteiger partial charge < -0.3 is 24.8 Å². The van der Waals surface area contributed by atoms with E-state index >= 15 is 0 Å². The molecule has 0 bridgehead atoms. The van der Waals surface area contributed by atoms with E-state index in [0.29, 0.717) is 0 Å². The van der Waals surface area contributed by atoms with Crippen LogP contribution in [0.4, 0.5) is 0 Å². The molecule has 0 amide bonds. The van der Waals surface area contributed by atoms with Crippen molar-refractivity contribution in [2.24, 2.45) is 0 Å². The van der Waals surface area contributed by atoms with Crippen LogP contribution in [0.1, 0.15) is 30.9 Å². The van der Waals surface area contributed by atoms with E-state index in [0.717, 1.165) is 12.8 Å². The van der Waals surface area contributed by atoms with Crippen LogP contribution in [0, 0.1) is 0 Å². The van der Waals surface area contributed by atoms with Gasteiger partial charge in [0.05, 0.1) is 0 Å². The minimum Gasteiger partial charge on any atom is -1.00 e. The van der Waals surface area contributed by atoms with Crippen molar-refractivity contribution in [3.63, 3.8) is 0 Å². The number of fused-ring (bicyclic) bond motifs is 1. The maximum atomic E-state index is 9.08. The molecule has 0 atom stereocenters. The number of allylic oxidation sites excluding steroid dienone is 6. The zero-order valence-corrected chi connectivity index (χ0v) is 16.3. The molecule has 1 nitrogen and oxygen atoms in total. The molecule has 0 heterocycles. The number of hydrogen-bond donors (Lipinski definition) is 1. The fourth-order valence-corrected chi connectivity index (χ4v) is 4.30. The van der Waals surface area contributed by atoms with Crippen molar-refractivity contribution < 1.29 is 54.6 Å². The largest absolute Gasteiger partial charge is 1.00 e. The molecule has 2 aliphatic carbocycles. The predicted octanol–water partition coefficient (Wildman–Crippen LogP) is -1.99. The normalized spacial score (nSPS) is 17.7. The van der Waals surface area contributed by atoms with E-state index in [2.05, 4.69) is 49.4 Å². The fourth-order valence-electron chi connectivity index (χ4n) is 3.03. The van der Waals surface area contributed by atoms with Crippen LogP contribution in [0.25, 0.3) is 8.85 Å².